The van der Waals surface area contributed by atoms with Crippen LogP contribution >= 0.6 is 23.1 Å². The summed E-state index contributed by atoms with van der Waals surface area (Å²) in [7, 11) is 0. The summed E-state index contributed by atoms with van der Waals surface area (Å²) in [4.78, 5) is 24.6. The molecule has 0 aliphatic rings. The second-order valence-electron chi connectivity index (χ2n) is 6.66. The Hall–Kier alpha value is -3.50. The van der Waals surface area contributed by atoms with E-state index >= 15 is 0 Å². The number of aryl methyl sites for hydroxylation is 1. The van der Waals surface area contributed by atoms with Crippen molar-refractivity contribution in [2.24, 2.45) is 0 Å². The fourth-order valence-corrected chi connectivity index (χ4v) is 4.30. The van der Waals surface area contributed by atoms with Crippen molar-refractivity contribution in [1.82, 2.24) is 15.4 Å². The van der Waals surface area contributed by atoms with Gasteiger partial charge in [-0.2, -0.15) is 0 Å². The lowest BCUT2D eigenvalue weighted by Gasteiger charge is -2.05. The highest BCUT2D eigenvalue weighted by Gasteiger charge is 2.16. The number of carbonyl (C=O) groups is 2. The quantitative estimate of drug-likeness (QED) is 0.286. The number of hydrogen-bond acceptors (Lipinski definition) is 8. The molecular weight excluding hydrogens is 446 g/mol. The number of thioether (sulfide) groups is 1. The molecule has 8 nitrogen and oxygen atoms in total. The zero-order valence-corrected chi connectivity index (χ0v) is 18.7. The molecule has 0 saturated heterocycles. The van der Waals surface area contributed by atoms with Crippen LogP contribution in [-0.4, -0.2) is 32.9 Å². The van der Waals surface area contributed by atoms with Crippen LogP contribution < -0.4 is 10.6 Å². The number of anilines is 2. The van der Waals surface area contributed by atoms with E-state index in [-0.39, 0.29) is 17.4 Å². The number of nitrogens with one attached hydrogen (secondary N) is 2. The maximum absolute atomic E-state index is 12.4. The minimum Gasteiger partial charge on any atom is -0.355 e. The number of amides is 2. The molecule has 2 aromatic carbocycles. The van der Waals surface area contributed by atoms with Crippen LogP contribution in [0.3, 0.4) is 0 Å². The molecule has 0 radical (unpaired) electrons. The molecule has 0 aliphatic heterocycles. The van der Waals surface area contributed by atoms with Gasteiger partial charge >= 0.3 is 0 Å². The lowest BCUT2D eigenvalue weighted by molar-refractivity contribution is -0.113. The Morgan fingerprint density at radius 2 is 1.81 bits per heavy atom. The maximum atomic E-state index is 12.4. The zero-order chi connectivity index (χ0) is 22.3. The predicted molar refractivity (Wildman–Crippen MR) is 125 cm³/mol. The first kappa shape index (κ1) is 21.7. The molecule has 4 rings (SSSR count). The molecule has 0 bridgehead atoms. The van der Waals surface area contributed by atoms with Gasteiger partial charge in [0.25, 0.3) is 5.91 Å². The lowest BCUT2D eigenvalue weighted by atomic mass is 10.1. The van der Waals surface area contributed by atoms with E-state index < -0.39 is 5.91 Å². The number of nitrogens with zero attached hydrogens (tertiary/aromatic N) is 3. The number of rotatable bonds is 8. The largest absolute Gasteiger partial charge is 0.355 e. The van der Waals surface area contributed by atoms with Crippen molar-refractivity contribution in [1.29, 1.82) is 0 Å². The average Bonchev–Trinajstić information content (AvgIpc) is 3.49. The van der Waals surface area contributed by atoms with Crippen LogP contribution in [0.25, 0.3) is 11.3 Å². The zero-order valence-electron chi connectivity index (χ0n) is 17.1. The lowest BCUT2D eigenvalue weighted by Crippen LogP contribution is -2.13. The third-order valence-electron chi connectivity index (χ3n) is 4.40. The van der Waals surface area contributed by atoms with Gasteiger partial charge in [-0.3, -0.25) is 14.9 Å². The highest BCUT2D eigenvalue weighted by molar-refractivity contribution is 8.01. The minimum atomic E-state index is -0.447. The Kier molecular flexibility index (Phi) is 6.93. The van der Waals surface area contributed by atoms with Crippen molar-refractivity contribution in [3.8, 4) is 11.3 Å². The monoisotopic (exact) mass is 465 g/mol. The molecule has 0 aliphatic carbocycles. The fraction of sp³-hybridized carbons (Fsp3) is 0.136. The molecule has 2 amide bonds. The third-order valence-corrected chi connectivity index (χ3v) is 6.37. The van der Waals surface area contributed by atoms with Crippen molar-refractivity contribution in [3.05, 3.63) is 71.9 Å². The van der Waals surface area contributed by atoms with Crippen LogP contribution in [0.1, 0.15) is 23.0 Å². The highest BCUT2D eigenvalue weighted by Crippen LogP contribution is 2.26. The van der Waals surface area contributed by atoms with E-state index in [1.165, 1.54) is 28.7 Å². The smallest absolute Gasteiger partial charge is 0.279 e. The van der Waals surface area contributed by atoms with Gasteiger partial charge in [0.1, 0.15) is 0 Å². The van der Waals surface area contributed by atoms with Gasteiger partial charge < -0.3 is 9.84 Å². The molecule has 2 aromatic heterocycles. The van der Waals surface area contributed by atoms with Gasteiger partial charge in [-0.1, -0.05) is 77.6 Å². The Bertz CT molecular complexity index is 1210. The molecule has 0 fully saturated rings. The molecule has 0 unspecified atom stereocenters. The van der Waals surface area contributed by atoms with Gasteiger partial charge in [-0.25, -0.2) is 0 Å². The molecule has 2 heterocycles. The van der Waals surface area contributed by atoms with Crippen LogP contribution in [-0.2, 0) is 11.2 Å². The molecule has 162 valence electrons. The van der Waals surface area contributed by atoms with E-state index in [0.29, 0.717) is 15.2 Å². The summed E-state index contributed by atoms with van der Waals surface area (Å²) in [5.41, 5.74) is 2.93. The molecule has 10 heteroatoms. The molecule has 0 saturated carbocycles. The Balaban J connectivity index is 1.28. The van der Waals surface area contributed by atoms with Gasteiger partial charge in [0.05, 0.1) is 5.75 Å². The number of hydrogen-bond donors (Lipinski definition) is 2. The van der Waals surface area contributed by atoms with E-state index in [0.717, 1.165) is 17.7 Å². The highest BCUT2D eigenvalue weighted by atomic mass is 32.2. The fourth-order valence-electron chi connectivity index (χ4n) is 2.75. The van der Waals surface area contributed by atoms with Gasteiger partial charge in [0.15, 0.2) is 15.8 Å². The van der Waals surface area contributed by atoms with Crippen LogP contribution in [0.15, 0.2) is 69.5 Å². The Morgan fingerprint density at radius 1 is 1.03 bits per heavy atom. The molecular formula is C22H19N5O3S2. The number of benzene rings is 2. The van der Waals surface area contributed by atoms with Crippen molar-refractivity contribution >= 4 is 45.7 Å². The van der Waals surface area contributed by atoms with E-state index in [4.69, 9.17) is 4.52 Å². The first-order chi connectivity index (χ1) is 15.6. The summed E-state index contributed by atoms with van der Waals surface area (Å²) in [6, 6.07) is 18.7. The Morgan fingerprint density at radius 3 is 2.56 bits per heavy atom. The van der Waals surface area contributed by atoms with E-state index in [1.54, 1.807) is 6.07 Å². The summed E-state index contributed by atoms with van der Waals surface area (Å²) in [6.45, 7) is 2.08. The van der Waals surface area contributed by atoms with Crippen molar-refractivity contribution < 1.29 is 14.1 Å². The summed E-state index contributed by atoms with van der Waals surface area (Å²) in [5, 5.41) is 17.6. The molecule has 32 heavy (non-hydrogen) atoms. The predicted octanol–water partition coefficient (Wildman–Crippen LogP) is 4.74. The second-order valence-corrected chi connectivity index (χ2v) is 8.86. The first-order valence-corrected chi connectivity index (χ1v) is 11.6. The van der Waals surface area contributed by atoms with E-state index in [9.17, 15) is 9.59 Å². The van der Waals surface area contributed by atoms with Gasteiger partial charge in [-0.05, 0) is 24.1 Å². The van der Waals surface area contributed by atoms with E-state index in [1.807, 2.05) is 54.6 Å². The normalized spacial score (nSPS) is 10.7. The topological polar surface area (TPSA) is 110 Å². The van der Waals surface area contributed by atoms with Crippen molar-refractivity contribution in [2.45, 2.75) is 17.7 Å². The summed E-state index contributed by atoms with van der Waals surface area (Å²) >= 11 is 2.43. The summed E-state index contributed by atoms with van der Waals surface area (Å²) < 4.78 is 5.82. The average molecular weight is 466 g/mol. The molecule has 2 N–H and O–H groups in total. The Labute approximate surface area is 192 Å². The number of aromatic nitrogens is 3. The minimum absolute atomic E-state index is 0.140. The van der Waals surface area contributed by atoms with Crippen LogP contribution in [0.4, 0.5) is 10.8 Å². The van der Waals surface area contributed by atoms with Crippen LogP contribution in [0, 0.1) is 0 Å². The van der Waals surface area contributed by atoms with Crippen molar-refractivity contribution in [3.63, 3.8) is 0 Å². The standard InChI is InChI=1S/C22H19N5O3S2/c1-2-14-8-10-16(11-9-14)23-19(28)13-31-22-26-25-21(32-22)24-20(29)17-12-18(30-27-17)15-6-4-3-5-7-15/h3-12H,2,13H2,1H3,(H,23,28)(H,24,25,29). The van der Waals surface area contributed by atoms with Gasteiger partial charge in [-0.15, -0.1) is 10.2 Å². The van der Waals surface area contributed by atoms with Crippen molar-refractivity contribution in [2.75, 3.05) is 16.4 Å². The maximum Gasteiger partial charge on any atom is 0.279 e. The summed E-state index contributed by atoms with van der Waals surface area (Å²) in [5.74, 6) is 0.0922. The summed E-state index contributed by atoms with van der Waals surface area (Å²) in [6.07, 6.45) is 0.949. The van der Waals surface area contributed by atoms with Gasteiger partial charge in [0, 0.05) is 17.3 Å². The first-order valence-electron chi connectivity index (χ1n) is 9.79. The molecule has 0 atom stereocenters. The number of carbonyl (C=O) groups excluding carboxylic acids is 2. The third kappa shape index (κ3) is 5.59. The molecule has 0 spiro atoms. The van der Waals surface area contributed by atoms with Crippen LogP contribution in [0.5, 0.6) is 0 Å². The van der Waals surface area contributed by atoms with E-state index in [2.05, 4.69) is 32.9 Å². The van der Waals surface area contributed by atoms with Crippen LogP contribution in [0.2, 0.25) is 0 Å². The second kappa shape index (κ2) is 10.2. The molecule has 4 aromatic rings. The SMILES string of the molecule is CCc1ccc(NC(=O)CSc2nnc(NC(=O)c3cc(-c4ccccc4)on3)s2)cc1. The van der Waals surface area contributed by atoms with Gasteiger partial charge in [0.2, 0.25) is 11.0 Å².